The molecular weight excluding hydrogens is 302 g/mol. The third-order valence-corrected chi connectivity index (χ3v) is 4.05. The highest BCUT2D eigenvalue weighted by Crippen LogP contribution is 2.32. The summed E-state index contributed by atoms with van der Waals surface area (Å²) >= 11 is 0. The standard InChI is InChI=1S/C24H23N/c1-24(2,3)21-14-8-10-16-23(21)25-22-15-9-7-13-20(22)18-17-19-11-5-4-6-12-19/h4-16,25H,1-3H3. The van der Waals surface area contributed by atoms with Gasteiger partial charge in [-0.1, -0.05) is 81.1 Å². The Balaban J connectivity index is 1.95. The van der Waals surface area contributed by atoms with Crippen LogP contribution in [0.5, 0.6) is 0 Å². The second kappa shape index (κ2) is 7.28. The van der Waals surface area contributed by atoms with Gasteiger partial charge in [0.15, 0.2) is 0 Å². The lowest BCUT2D eigenvalue weighted by molar-refractivity contribution is 0.592. The highest BCUT2D eigenvalue weighted by molar-refractivity contribution is 5.70. The number of hydrogen-bond acceptors (Lipinski definition) is 1. The molecule has 25 heavy (non-hydrogen) atoms. The quantitative estimate of drug-likeness (QED) is 0.559. The molecule has 3 aromatic rings. The van der Waals surface area contributed by atoms with Gasteiger partial charge in [-0.3, -0.25) is 0 Å². The molecule has 1 heteroatoms. The predicted octanol–water partition coefficient (Wildman–Crippen LogP) is 6.13. The lowest BCUT2D eigenvalue weighted by atomic mass is 9.85. The molecule has 0 bridgehead atoms. The van der Waals surface area contributed by atoms with Gasteiger partial charge in [0.2, 0.25) is 0 Å². The van der Waals surface area contributed by atoms with Crippen LogP contribution in [0.4, 0.5) is 11.4 Å². The second-order valence-corrected chi connectivity index (χ2v) is 7.08. The van der Waals surface area contributed by atoms with Gasteiger partial charge in [0.05, 0.1) is 5.69 Å². The smallest absolute Gasteiger partial charge is 0.0543 e. The van der Waals surface area contributed by atoms with E-state index in [0.717, 1.165) is 22.5 Å². The van der Waals surface area contributed by atoms with Crippen molar-refractivity contribution in [1.82, 2.24) is 0 Å². The van der Waals surface area contributed by atoms with Gasteiger partial charge in [0, 0.05) is 16.8 Å². The summed E-state index contributed by atoms with van der Waals surface area (Å²) in [6.07, 6.45) is 0. The van der Waals surface area contributed by atoms with Gasteiger partial charge in [-0.2, -0.15) is 0 Å². The molecule has 0 spiro atoms. The Morgan fingerprint density at radius 3 is 1.96 bits per heavy atom. The number of rotatable bonds is 2. The second-order valence-electron chi connectivity index (χ2n) is 7.08. The fourth-order valence-corrected chi connectivity index (χ4v) is 2.75. The van der Waals surface area contributed by atoms with Gasteiger partial charge < -0.3 is 5.32 Å². The summed E-state index contributed by atoms with van der Waals surface area (Å²) in [4.78, 5) is 0. The van der Waals surface area contributed by atoms with Crippen LogP contribution in [-0.4, -0.2) is 0 Å². The van der Waals surface area contributed by atoms with Gasteiger partial charge in [-0.15, -0.1) is 0 Å². The molecule has 0 aliphatic heterocycles. The lowest BCUT2D eigenvalue weighted by Gasteiger charge is -2.23. The molecule has 124 valence electrons. The average Bonchev–Trinajstić information content (AvgIpc) is 2.61. The van der Waals surface area contributed by atoms with Gasteiger partial charge in [0.25, 0.3) is 0 Å². The van der Waals surface area contributed by atoms with E-state index in [0.29, 0.717) is 0 Å². The first-order chi connectivity index (χ1) is 12.0. The van der Waals surface area contributed by atoms with E-state index in [1.54, 1.807) is 0 Å². The first-order valence-corrected chi connectivity index (χ1v) is 8.57. The van der Waals surface area contributed by atoms with E-state index < -0.39 is 0 Å². The molecule has 0 saturated heterocycles. The summed E-state index contributed by atoms with van der Waals surface area (Å²) in [7, 11) is 0. The summed E-state index contributed by atoms with van der Waals surface area (Å²) in [5.41, 5.74) is 5.55. The molecule has 0 aliphatic carbocycles. The average molecular weight is 325 g/mol. The number of hydrogen-bond donors (Lipinski definition) is 1. The molecule has 0 fully saturated rings. The van der Waals surface area contributed by atoms with E-state index in [4.69, 9.17) is 0 Å². The molecule has 0 aliphatic rings. The van der Waals surface area contributed by atoms with Gasteiger partial charge in [0.1, 0.15) is 0 Å². The molecule has 1 nitrogen and oxygen atoms in total. The molecule has 3 rings (SSSR count). The van der Waals surface area contributed by atoms with Crippen LogP contribution in [0.1, 0.15) is 37.5 Å². The van der Waals surface area contributed by atoms with Crippen LogP contribution >= 0.6 is 0 Å². The van der Waals surface area contributed by atoms with E-state index >= 15 is 0 Å². The van der Waals surface area contributed by atoms with Crippen LogP contribution in [-0.2, 0) is 5.41 Å². The maximum Gasteiger partial charge on any atom is 0.0543 e. The highest BCUT2D eigenvalue weighted by Gasteiger charge is 2.17. The highest BCUT2D eigenvalue weighted by atomic mass is 14.9. The Morgan fingerprint density at radius 2 is 1.24 bits per heavy atom. The molecule has 1 N–H and O–H groups in total. The summed E-state index contributed by atoms with van der Waals surface area (Å²) in [5, 5.41) is 3.58. The predicted molar refractivity (Wildman–Crippen MR) is 107 cm³/mol. The topological polar surface area (TPSA) is 12.0 Å². The van der Waals surface area contributed by atoms with Crippen molar-refractivity contribution in [2.75, 3.05) is 5.32 Å². The van der Waals surface area contributed by atoms with Crippen molar-refractivity contribution in [3.05, 3.63) is 95.6 Å². The number of anilines is 2. The fourth-order valence-electron chi connectivity index (χ4n) is 2.75. The Morgan fingerprint density at radius 1 is 0.640 bits per heavy atom. The van der Waals surface area contributed by atoms with E-state index in [1.165, 1.54) is 5.56 Å². The van der Waals surface area contributed by atoms with Crippen LogP contribution < -0.4 is 5.32 Å². The minimum atomic E-state index is 0.0776. The lowest BCUT2D eigenvalue weighted by Crippen LogP contribution is -2.13. The SMILES string of the molecule is CC(C)(C)c1ccccc1Nc1ccccc1C#Cc1ccccc1. The van der Waals surface area contributed by atoms with E-state index in [1.807, 2.05) is 42.5 Å². The van der Waals surface area contributed by atoms with Crippen LogP contribution in [0, 0.1) is 11.8 Å². The van der Waals surface area contributed by atoms with E-state index in [2.05, 4.69) is 74.3 Å². The van der Waals surface area contributed by atoms with Crippen LogP contribution in [0.15, 0.2) is 78.9 Å². The Bertz CT molecular complexity index is 906. The largest absolute Gasteiger partial charge is 0.354 e. The molecule has 0 atom stereocenters. The molecular formula is C24H23N. The number of benzene rings is 3. The molecule has 0 radical (unpaired) electrons. The molecule has 3 aromatic carbocycles. The number of para-hydroxylation sites is 2. The van der Waals surface area contributed by atoms with Crippen LogP contribution in [0.3, 0.4) is 0 Å². The summed E-state index contributed by atoms with van der Waals surface area (Å²) < 4.78 is 0. The van der Waals surface area contributed by atoms with Crippen molar-refractivity contribution in [3.8, 4) is 11.8 Å². The van der Waals surface area contributed by atoms with Gasteiger partial charge in [-0.25, -0.2) is 0 Å². The third kappa shape index (κ3) is 4.31. The molecule has 0 saturated carbocycles. The maximum absolute atomic E-state index is 3.58. The maximum atomic E-state index is 3.58. The van der Waals surface area contributed by atoms with Gasteiger partial charge >= 0.3 is 0 Å². The Hall–Kier alpha value is -2.98. The zero-order chi connectivity index (χ0) is 17.7. The minimum absolute atomic E-state index is 0.0776. The summed E-state index contributed by atoms with van der Waals surface area (Å²) in [6, 6.07) is 26.7. The van der Waals surface area contributed by atoms with Crippen molar-refractivity contribution in [1.29, 1.82) is 0 Å². The normalized spacial score (nSPS) is 10.7. The first-order valence-electron chi connectivity index (χ1n) is 8.57. The molecule has 0 aromatic heterocycles. The monoisotopic (exact) mass is 325 g/mol. The Kier molecular flexibility index (Phi) is 4.91. The van der Waals surface area contributed by atoms with Crippen molar-refractivity contribution < 1.29 is 0 Å². The van der Waals surface area contributed by atoms with Crippen molar-refractivity contribution in [2.24, 2.45) is 0 Å². The summed E-state index contributed by atoms with van der Waals surface area (Å²) in [6.45, 7) is 6.69. The fraction of sp³-hybridized carbons (Fsp3) is 0.167. The van der Waals surface area contributed by atoms with E-state index in [-0.39, 0.29) is 5.41 Å². The first kappa shape index (κ1) is 16.9. The van der Waals surface area contributed by atoms with Crippen molar-refractivity contribution >= 4 is 11.4 Å². The van der Waals surface area contributed by atoms with Crippen molar-refractivity contribution in [3.63, 3.8) is 0 Å². The zero-order valence-electron chi connectivity index (χ0n) is 15.0. The molecule has 0 unspecified atom stereocenters. The zero-order valence-corrected chi connectivity index (χ0v) is 15.0. The minimum Gasteiger partial charge on any atom is -0.354 e. The molecule has 0 heterocycles. The third-order valence-electron chi connectivity index (χ3n) is 4.05. The van der Waals surface area contributed by atoms with Gasteiger partial charge in [-0.05, 0) is 41.3 Å². The summed E-state index contributed by atoms with van der Waals surface area (Å²) in [5.74, 6) is 6.54. The number of nitrogens with one attached hydrogen (secondary N) is 1. The van der Waals surface area contributed by atoms with Crippen LogP contribution in [0.2, 0.25) is 0 Å². The molecule has 0 amide bonds. The van der Waals surface area contributed by atoms with Crippen LogP contribution in [0.25, 0.3) is 0 Å². The van der Waals surface area contributed by atoms with E-state index in [9.17, 15) is 0 Å². The van der Waals surface area contributed by atoms with Crippen molar-refractivity contribution in [2.45, 2.75) is 26.2 Å². The Labute approximate surface area is 150 Å².